The molecule has 0 unspecified atom stereocenters. The molecule has 0 aliphatic rings. The van der Waals surface area contributed by atoms with Crippen LogP contribution in [0.1, 0.15) is 18.4 Å². The number of thiol groups is 1. The van der Waals surface area contributed by atoms with Crippen LogP contribution in [0.25, 0.3) is 0 Å². The Balaban J connectivity index is 2.24. The molecule has 15 heavy (non-hydrogen) atoms. The van der Waals surface area contributed by atoms with Gasteiger partial charge in [0.15, 0.2) is 0 Å². The summed E-state index contributed by atoms with van der Waals surface area (Å²) in [6.45, 7) is 1.46. The molecule has 2 nitrogen and oxygen atoms in total. The van der Waals surface area contributed by atoms with Crippen molar-refractivity contribution in [1.82, 2.24) is 0 Å². The number of ether oxygens (including phenoxy) is 2. The SMILES string of the molecule is COc1cccc(COCCCCS)c1. The van der Waals surface area contributed by atoms with E-state index in [9.17, 15) is 0 Å². The molecule has 0 heterocycles. The summed E-state index contributed by atoms with van der Waals surface area (Å²) in [6.07, 6.45) is 2.19. The molecule has 84 valence electrons. The standard InChI is InChI=1S/C12H18O2S/c1-13-12-6-4-5-11(9-12)10-14-7-2-3-8-15/h4-6,9,15H,2-3,7-8,10H2,1H3. The Morgan fingerprint density at radius 1 is 1.27 bits per heavy atom. The van der Waals surface area contributed by atoms with Crippen LogP contribution in [0.2, 0.25) is 0 Å². The van der Waals surface area contributed by atoms with Crippen LogP contribution in [0, 0.1) is 0 Å². The fraction of sp³-hybridized carbons (Fsp3) is 0.500. The van der Waals surface area contributed by atoms with Gasteiger partial charge in [0.05, 0.1) is 13.7 Å². The molecule has 0 saturated heterocycles. The van der Waals surface area contributed by atoms with E-state index >= 15 is 0 Å². The Morgan fingerprint density at radius 3 is 2.87 bits per heavy atom. The molecule has 0 fully saturated rings. The Morgan fingerprint density at radius 2 is 2.13 bits per heavy atom. The van der Waals surface area contributed by atoms with Gasteiger partial charge in [-0.3, -0.25) is 0 Å². The summed E-state index contributed by atoms with van der Waals surface area (Å²) < 4.78 is 10.7. The molecule has 0 saturated carbocycles. The maximum absolute atomic E-state index is 5.53. The van der Waals surface area contributed by atoms with Crippen LogP contribution in [0.3, 0.4) is 0 Å². The van der Waals surface area contributed by atoms with Crippen LogP contribution < -0.4 is 4.74 Å². The zero-order valence-corrected chi connectivity index (χ0v) is 10.0. The predicted octanol–water partition coefficient (Wildman–Crippen LogP) is 2.92. The van der Waals surface area contributed by atoms with E-state index in [1.165, 1.54) is 0 Å². The van der Waals surface area contributed by atoms with E-state index in [1.54, 1.807) is 7.11 Å². The first-order chi connectivity index (χ1) is 7.36. The maximum atomic E-state index is 5.53. The third-order valence-corrected chi connectivity index (χ3v) is 2.42. The van der Waals surface area contributed by atoms with Crippen LogP contribution in [-0.2, 0) is 11.3 Å². The second-order valence-corrected chi connectivity index (χ2v) is 3.78. The number of hydrogen-bond donors (Lipinski definition) is 1. The van der Waals surface area contributed by atoms with Gasteiger partial charge in [-0.2, -0.15) is 12.6 Å². The molecule has 0 amide bonds. The molecule has 1 aromatic carbocycles. The molecule has 1 rings (SSSR count). The summed E-state index contributed by atoms with van der Waals surface area (Å²) in [5.41, 5.74) is 1.15. The van der Waals surface area contributed by atoms with Crippen molar-refractivity contribution >= 4 is 12.6 Å². The van der Waals surface area contributed by atoms with Gasteiger partial charge in [-0.15, -0.1) is 0 Å². The van der Waals surface area contributed by atoms with E-state index in [-0.39, 0.29) is 0 Å². The zero-order chi connectivity index (χ0) is 10.9. The maximum Gasteiger partial charge on any atom is 0.119 e. The minimum Gasteiger partial charge on any atom is -0.497 e. The minimum atomic E-state index is 0.657. The van der Waals surface area contributed by atoms with Crippen LogP contribution in [0.15, 0.2) is 24.3 Å². The summed E-state index contributed by atoms with van der Waals surface area (Å²) in [5.74, 6) is 1.81. The number of methoxy groups -OCH3 is 1. The highest BCUT2D eigenvalue weighted by molar-refractivity contribution is 7.80. The Hall–Kier alpha value is -0.670. The van der Waals surface area contributed by atoms with Gasteiger partial charge in [-0.1, -0.05) is 12.1 Å². The molecule has 3 heteroatoms. The summed E-state index contributed by atoms with van der Waals surface area (Å²) in [4.78, 5) is 0. The molecule has 0 N–H and O–H groups in total. The Kier molecular flexibility index (Phi) is 6.28. The van der Waals surface area contributed by atoms with Crippen molar-refractivity contribution in [2.45, 2.75) is 19.4 Å². The normalized spacial score (nSPS) is 10.3. The molecule has 0 radical (unpaired) electrons. The highest BCUT2D eigenvalue weighted by atomic mass is 32.1. The second-order valence-electron chi connectivity index (χ2n) is 3.33. The van der Waals surface area contributed by atoms with Crippen molar-refractivity contribution < 1.29 is 9.47 Å². The minimum absolute atomic E-state index is 0.657. The van der Waals surface area contributed by atoms with Gasteiger partial charge < -0.3 is 9.47 Å². The van der Waals surface area contributed by atoms with E-state index in [2.05, 4.69) is 12.6 Å². The highest BCUT2D eigenvalue weighted by Crippen LogP contribution is 2.13. The molecule has 0 aliphatic carbocycles. The number of unbranched alkanes of at least 4 members (excludes halogenated alkanes) is 1. The van der Waals surface area contributed by atoms with Crippen LogP contribution in [-0.4, -0.2) is 19.5 Å². The van der Waals surface area contributed by atoms with E-state index in [4.69, 9.17) is 9.47 Å². The molecule has 0 atom stereocenters. The van der Waals surface area contributed by atoms with Gasteiger partial charge in [0, 0.05) is 6.61 Å². The van der Waals surface area contributed by atoms with Crippen LogP contribution in [0.4, 0.5) is 0 Å². The highest BCUT2D eigenvalue weighted by Gasteiger charge is 1.95. The van der Waals surface area contributed by atoms with Crippen molar-refractivity contribution in [2.75, 3.05) is 19.5 Å². The fourth-order valence-electron chi connectivity index (χ4n) is 1.27. The van der Waals surface area contributed by atoms with Gasteiger partial charge >= 0.3 is 0 Å². The second kappa shape index (κ2) is 7.60. The molecule has 0 spiro atoms. The average molecular weight is 226 g/mol. The van der Waals surface area contributed by atoms with Crippen LogP contribution in [0.5, 0.6) is 5.75 Å². The van der Waals surface area contributed by atoms with Crippen molar-refractivity contribution in [3.05, 3.63) is 29.8 Å². The van der Waals surface area contributed by atoms with E-state index < -0.39 is 0 Å². The van der Waals surface area contributed by atoms with E-state index in [0.29, 0.717) is 6.61 Å². The molecule has 1 aromatic rings. The van der Waals surface area contributed by atoms with Gasteiger partial charge in [0.25, 0.3) is 0 Å². The van der Waals surface area contributed by atoms with Gasteiger partial charge in [-0.25, -0.2) is 0 Å². The van der Waals surface area contributed by atoms with Gasteiger partial charge in [-0.05, 0) is 36.3 Å². The third-order valence-electron chi connectivity index (χ3n) is 2.10. The van der Waals surface area contributed by atoms with Crippen molar-refractivity contribution in [2.24, 2.45) is 0 Å². The number of rotatable bonds is 7. The summed E-state index contributed by atoms with van der Waals surface area (Å²) >= 11 is 4.15. The van der Waals surface area contributed by atoms with E-state index in [0.717, 1.165) is 36.5 Å². The summed E-state index contributed by atoms with van der Waals surface area (Å²) in [6, 6.07) is 7.95. The quantitative estimate of drug-likeness (QED) is 0.569. The summed E-state index contributed by atoms with van der Waals surface area (Å²) in [5, 5.41) is 0. The lowest BCUT2D eigenvalue weighted by molar-refractivity contribution is 0.118. The molecule has 0 aliphatic heterocycles. The zero-order valence-electron chi connectivity index (χ0n) is 9.11. The molecule has 0 bridgehead atoms. The lowest BCUT2D eigenvalue weighted by Gasteiger charge is -2.05. The van der Waals surface area contributed by atoms with Crippen molar-refractivity contribution in [3.63, 3.8) is 0 Å². The Labute approximate surface area is 97.0 Å². The third kappa shape index (κ3) is 5.09. The van der Waals surface area contributed by atoms with Gasteiger partial charge in [0.2, 0.25) is 0 Å². The number of hydrogen-bond acceptors (Lipinski definition) is 3. The summed E-state index contributed by atoms with van der Waals surface area (Å²) in [7, 11) is 1.67. The monoisotopic (exact) mass is 226 g/mol. The lowest BCUT2D eigenvalue weighted by Crippen LogP contribution is -1.96. The van der Waals surface area contributed by atoms with Crippen LogP contribution >= 0.6 is 12.6 Å². The predicted molar refractivity (Wildman–Crippen MR) is 65.7 cm³/mol. The fourth-order valence-corrected chi connectivity index (χ4v) is 1.49. The van der Waals surface area contributed by atoms with E-state index in [1.807, 2.05) is 24.3 Å². The molecule has 0 aromatic heterocycles. The molecular formula is C12H18O2S. The molecular weight excluding hydrogens is 208 g/mol. The lowest BCUT2D eigenvalue weighted by atomic mass is 10.2. The van der Waals surface area contributed by atoms with Crippen molar-refractivity contribution in [3.8, 4) is 5.75 Å². The first kappa shape index (κ1) is 12.4. The van der Waals surface area contributed by atoms with Crippen molar-refractivity contribution in [1.29, 1.82) is 0 Å². The first-order valence-electron chi connectivity index (χ1n) is 5.18. The average Bonchev–Trinajstić information content (AvgIpc) is 2.29. The largest absolute Gasteiger partial charge is 0.497 e. The Bertz CT molecular complexity index is 276. The smallest absolute Gasteiger partial charge is 0.119 e. The first-order valence-corrected chi connectivity index (χ1v) is 5.81. The van der Waals surface area contributed by atoms with Gasteiger partial charge in [0.1, 0.15) is 5.75 Å². The number of benzene rings is 1. The topological polar surface area (TPSA) is 18.5 Å².